The molecule has 1 aromatic carbocycles. The molecule has 0 spiro atoms. The van der Waals surface area contributed by atoms with Gasteiger partial charge in [0.25, 0.3) is 0 Å². The van der Waals surface area contributed by atoms with Crippen molar-refractivity contribution in [1.29, 1.82) is 0 Å². The maximum Gasteiger partial charge on any atom is 0.224 e. The Morgan fingerprint density at radius 2 is 2.20 bits per heavy atom. The summed E-state index contributed by atoms with van der Waals surface area (Å²) < 4.78 is 12.7. The van der Waals surface area contributed by atoms with Crippen LogP contribution in [0.15, 0.2) is 18.2 Å². The Balaban J connectivity index is 2.68. The molecule has 2 nitrogen and oxygen atoms in total. The first-order valence-electron chi connectivity index (χ1n) is 4.72. The van der Waals surface area contributed by atoms with E-state index in [0.29, 0.717) is 5.56 Å². The van der Waals surface area contributed by atoms with Crippen molar-refractivity contribution in [2.24, 2.45) is 0 Å². The Hall–Kier alpha value is -1.09. The first kappa shape index (κ1) is 12.0. The monoisotopic (exact) mass is 229 g/mol. The number of amides is 1. The number of benzene rings is 1. The number of rotatable bonds is 3. The summed E-state index contributed by atoms with van der Waals surface area (Å²) >= 11 is 5.79. The first-order valence-corrected chi connectivity index (χ1v) is 5.10. The lowest BCUT2D eigenvalue weighted by Gasteiger charge is -2.09. The summed E-state index contributed by atoms with van der Waals surface area (Å²) in [5.41, 5.74) is 0.635. The summed E-state index contributed by atoms with van der Waals surface area (Å²) in [5.74, 6) is -0.508. The van der Waals surface area contributed by atoms with Gasteiger partial charge in [-0.2, -0.15) is 0 Å². The highest BCUT2D eigenvalue weighted by Gasteiger charge is 2.08. The van der Waals surface area contributed by atoms with Crippen molar-refractivity contribution in [2.45, 2.75) is 26.3 Å². The van der Waals surface area contributed by atoms with E-state index in [1.807, 2.05) is 13.8 Å². The molecule has 4 heteroatoms. The molecule has 0 aliphatic heterocycles. The van der Waals surface area contributed by atoms with Gasteiger partial charge in [0.2, 0.25) is 5.91 Å². The van der Waals surface area contributed by atoms with Gasteiger partial charge in [0.15, 0.2) is 0 Å². The number of nitrogens with one attached hydrogen (secondary N) is 1. The van der Waals surface area contributed by atoms with Gasteiger partial charge in [-0.1, -0.05) is 17.7 Å². The summed E-state index contributed by atoms with van der Waals surface area (Å²) in [4.78, 5) is 11.4. The Morgan fingerprint density at radius 1 is 1.53 bits per heavy atom. The smallest absolute Gasteiger partial charge is 0.224 e. The van der Waals surface area contributed by atoms with Gasteiger partial charge in [0.05, 0.1) is 6.42 Å². The fourth-order valence-corrected chi connectivity index (χ4v) is 1.45. The van der Waals surface area contributed by atoms with Crippen LogP contribution in [0.4, 0.5) is 4.39 Å². The number of hydrogen-bond donors (Lipinski definition) is 1. The van der Waals surface area contributed by atoms with Gasteiger partial charge in [-0.25, -0.2) is 4.39 Å². The number of carbonyl (C=O) groups excluding carboxylic acids is 1. The van der Waals surface area contributed by atoms with Crippen LogP contribution in [0.3, 0.4) is 0 Å². The third-order valence-electron chi connectivity index (χ3n) is 1.82. The predicted molar refractivity (Wildman–Crippen MR) is 58.4 cm³/mol. The zero-order chi connectivity index (χ0) is 11.4. The maximum absolute atomic E-state index is 12.7. The Labute approximate surface area is 93.4 Å². The highest BCUT2D eigenvalue weighted by Crippen LogP contribution is 2.17. The molecule has 0 bridgehead atoms. The van der Waals surface area contributed by atoms with Crippen molar-refractivity contribution in [3.05, 3.63) is 34.6 Å². The van der Waals surface area contributed by atoms with Crippen LogP contribution in [0.2, 0.25) is 5.02 Å². The van der Waals surface area contributed by atoms with Gasteiger partial charge in [-0.3, -0.25) is 4.79 Å². The molecule has 0 aliphatic rings. The Kier molecular flexibility index (Phi) is 4.09. The molecule has 82 valence electrons. The molecule has 0 saturated carbocycles. The molecule has 0 atom stereocenters. The minimum atomic E-state index is -0.395. The van der Waals surface area contributed by atoms with E-state index in [0.717, 1.165) is 0 Å². The quantitative estimate of drug-likeness (QED) is 0.848. The van der Waals surface area contributed by atoms with Crippen LogP contribution in [0, 0.1) is 5.82 Å². The standard InChI is InChI=1S/C11H13ClFNO/c1-7(2)14-11(15)5-8-3-4-9(13)6-10(8)12/h3-4,6-7H,5H2,1-2H3,(H,14,15). The van der Waals surface area contributed by atoms with E-state index in [-0.39, 0.29) is 23.4 Å². The summed E-state index contributed by atoms with van der Waals surface area (Å²) in [6.07, 6.45) is 0.178. The molecule has 0 aromatic heterocycles. The molecule has 0 heterocycles. The van der Waals surface area contributed by atoms with Crippen LogP contribution in [0.1, 0.15) is 19.4 Å². The lowest BCUT2D eigenvalue weighted by molar-refractivity contribution is -0.120. The van der Waals surface area contributed by atoms with Crippen LogP contribution in [0.5, 0.6) is 0 Å². The molecule has 0 radical (unpaired) electrons. The van der Waals surface area contributed by atoms with Crippen molar-refractivity contribution in [3.8, 4) is 0 Å². The molecule has 0 unspecified atom stereocenters. The van der Waals surface area contributed by atoms with Crippen molar-refractivity contribution in [1.82, 2.24) is 5.32 Å². The molecule has 0 saturated heterocycles. The average Bonchev–Trinajstić information content (AvgIpc) is 2.08. The van der Waals surface area contributed by atoms with Gasteiger partial charge < -0.3 is 5.32 Å². The van der Waals surface area contributed by atoms with Gasteiger partial charge in [0, 0.05) is 11.1 Å². The van der Waals surface area contributed by atoms with E-state index in [2.05, 4.69) is 5.32 Å². The minimum Gasteiger partial charge on any atom is -0.354 e. The van der Waals surface area contributed by atoms with E-state index < -0.39 is 5.82 Å². The van der Waals surface area contributed by atoms with Crippen LogP contribution in [-0.2, 0) is 11.2 Å². The van der Waals surface area contributed by atoms with Crippen LogP contribution in [0.25, 0.3) is 0 Å². The predicted octanol–water partition coefficient (Wildman–Crippen LogP) is 2.55. The van der Waals surface area contributed by atoms with E-state index in [9.17, 15) is 9.18 Å². The first-order chi connectivity index (χ1) is 6.99. The van der Waals surface area contributed by atoms with Crippen molar-refractivity contribution < 1.29 is 9.18 Å². The van der Waals surface area contributed by atoms with Crippen molar-refractivity contribution >= 4 is 17.5 Å². The molecule has 1 amide bonds. The molecule has 0 fully saturated rings. The lowest BCUT2D eigenvalue weighted by atomic mass is 10.1. The van der Waals surface area contributed by atoms with E-state index in [1.54, 1.807) is 0 Å². The van der Waals surface area contributed by atoms with Crippen LogP contribution < -0.4 is 5.32 Å². The molecular weight excluding hydrogens is 217 g/mol. The van der Waals surface area contributed by atoms with Gasteiger partial charge >= 0.3 is 0 Å². The van der Waals surface area contributed by atoms with Gasteiger partial charge in [0.1, 0.15) is 5.82 Å². The highest BCUT2D eigenvalue weighted by atomic mass is 35.5. The zero-order valence-corrected chi connectivity index (χ0v) is 9.44. The Morgan fingerprint density at radius 3 is 2.73 bits per heavy atom. The number of carbonyl (C=O) groups is 1. The second kappa shape index (κ2) is 5.12. The summed E-state index contributed by atoms with van der Waals surface area (Å²) in [6, 6.07) is 4.12. The van der Waals surface area contributed by atoms with E-state index >= 15 is 0 Å². The van der Waals surface area contributed by atoms with Gasteiger partial charge in [-0.15, -0.1) is 0 Å². The minimum absolute atomic E-state index is 0.0942. The third-order valence-corrected chi connectivity index (χ3v) is 2.17. The molecule has 1 aromatic rings. The normalized spacial score (nSPS) is 10.5. The van der Waals surface area contributed by atoms with Gasteiger partial charge in [-0.05, 0) is 31.5 Å². The van der Waals surface area contributed by atoms with Crippen LogP contribution >= 0.6 is 11.6 Å². The fourth-order valence-electron chi connectivity index (χ4n) is 1.21. The van der Waals surface area contributed by atoms with Crippen molar-refractivity contribution in [3.63, 3.8) is 0 Å². The highest BCUT2D eigenvalue weighted by molar-refractivity contribution is 6.31. The topological polar surface area (TPSA) is 29.1 Å². The zero-order valence-electron chi connectivity index (χ0n) is 8.68. The fraction of sp³-hybridized carbons (Fsp3) is 0.364. The number of hydrogen-bond acceptors (Lipinski definition) is 1. The number of halogens is 2. The maximum atomic E-state index is 12.7. The SMILES string of the molecule is CC(C)NC(=O)Cc1ccc(F)cc1Cl. The summed E-state index contributed by atoms with van der Waals surface area (Å²) in [7, 11) is 0. The van der Waals surface area contributed by atoms with E-state index in [1.165, 1.54) is 18.2 Å². The van der Waals surface area contributed by atoms with E-state index in [4.69, 9.17) is 11.6 Å². The lowest BCUT2D eigenvalue weighted by Crippen LogP contribution is -2.31. The second-order valence-electron chi connectivity index (χ2n) is 3.63. The Bertz CT molecular complexity index is 366. The molecule has 15 heavy (non-hydrogen) atoms. The second-order valence-corrected chi connectivity index (χ2v) is 4.04. The van der Waals surface area contributed by atoms with Crippen LogP contribution in [-0.4, -0.2) is 11.9 Å². The molecule has 0 aliphatic carbocycles. The van der Waals surface area contributed by atoms with Crippen molar-refractivity contribution in [2.75, 3.05) is 0 Å². The summed E-state index contributed by atoms with van der Waals surface area (Å²) in [6.45, 7) is 3.76. The largest absolute Gasteiger partial charge is 0.354 e. The molecular formula is C11H13ClFNO. The molecule has 1 N–H and O–H groups in total. The third kappa shape index (κ3) is 3.88. The summed E-state index contributed by atoms with van der Waals surface area (Å²) in [5, 5.41) is 3.03. The average molecular weight is 230 g/mol. The molecule has 1 rings (SSSR count).